The monoisotopic (exact) mass is 397 g/mol. The molecule has 1 aliphatic rings. The molecule has 4 rings (SSSR count). The molecule has 1 saturated heterocycles. The predicted molar refractivity (Wildman–Crippen MR) is 108 cm³/mol. The Hall–Kier alpha value is -3.06. The van der Waals surface area contributed by atoms with Gasteiger partial charge in [-0.1, -0.05) is 23.7 Å². The summed E-state index contributed by atoms with van der Waals surface area (Å²) in [5.41, 5.74) is 1.65. The van der Waals surface area contributed by atoms with Crippen molar-refractivity contribution in [2.75, 3.05) is 36.4 Å². The van der Waals surface area contributed by atoms with Crippen LogP contribution in [0, 0.1) is 6.92 Å². The van der Waals surface area contributed by atoms with Crippen LogP contribution in [0.5, 0.6) is 0 Å². The number of nitrogens with zero attached hydrogens (tertiary/aromatic N) is 4. The molecule has 0 bridgehead atoms. The molecule has 0 unspecified atom stereocenters. The summed E-state index contributed by atoms with van der Waals surface area (Å²) in [6.45, 7) is 4.41. The molecular weight excluding hydrogens is 378 g/mol. The van der Waals surface area contributed by atoms with Crippen molar-refractivity contribution in [3.63, 3.8) is 0 Å². The van der Waals surface area contributed by atoms with E-state index in [4.69, 9.17) is 16.0 Å². The van der Waals surface area contributed by atoms with Gasteiger partial charge in [0.05, 0.1) is 17.0 Å². The minimum absolute atomic E-state index is 0.0871. The summed E-state index contributed by atoms with van der Waals surface area (Å²) in [5.74, 6) is 1.60. The molecule has 2 aromatic heterocycles. The summed E-state index contributed by atoms with van der Waals surface area (Å²) in [7, 11) is 0. The van der Waals surface area contributed by atoms with Crippen molar-refractivity contribution >= 4 is 35.0 Å². The molecule has 0 radical (unpaired) electrons. The third-order valence-corrected chi connectivity index (χ3v) is 4.89. The number of aromatic nitrogens is 2. The van der Waals surface area contributed by atoms with Crippen LogP contribution in [0.15, 0.2) is 53.1 Å². The highest BCUT2D eigenvalue weighted by atomic mass is 35.5. The molecule has 7 nitrogen and oxygen atoms in total. The number of rotatable bonds is 4. The maximum absolute atomic E-state index is 12.4. The van der Waals surface area contributed by atoms with Gasteiger partial charge in [-0.25, -0.2) is 4.98 Å². The van der Waals surface area contributed by atoms with Crippen molar-refractivity contribution in [3.8, 4) is 0 Å². The zero-order valence-electron chi connectivity index (χ0n) is 15.4. The molecule has 0 spiro atoms. The lowest BCUT2D eigenvalue weighted by molar-refractivity contribution is 0.0714. The fourth-order valence-corrected chi connectivity index (χ4v) is 3.31. The summed E-state index contributed by atoms with van der Waals surface area (Å²) in [6.07, 6.45) is 1.51. The summed E-state index contributed by atoms with van der Waals surface area (Å²) < 4.78 is 5.21. The summed E-state index contributed by atoms with van der Waals surface area (Å²) in [5, 5.41) is 3.88. The number of carbonyl (C=O) groups is 1. The van der Waals surface area contributed by atoms with E-state index in [1.807, 2.05) is 37.3 Å². The molecule has 1 aliphatic heterocycles. The Morgan fingerprint density at radius 3 is 2.61 bits per heavy atom. The first-order valence-electron chi connectivity index (χ1n) is 9.05. The Labute approximate surface area is 167 Å². The van der Waals surface area contributed by atoms with Gasteiger partial charge in [-0.3, -0.25) is 4.79 Å². The smallest absolute Gasteiger partial charge is 0.289 e. The maximum atomic E-state index is 12.4. The van der Waals surface area contributed by atoms with Gasteiger partial charge in [0.25, 0.3) is 5.91 Å². The van der Waals surface area contributed by atoms with Crippen LogP contribution in [-0.2, 0) is 0 Å². The predicted octanol–water partition coefficient (Wildman–Crippen LogP) is 3.74. The molecule has 28 heavy (non-hydrogen) atoms. The zero-order valence-corrected chi connectivity index (χ0v) is 16.2. The average Bonchev–Trinajstić information content (AvgIpc) is 3.24. The number of para-hydroxylation sites is 1. The molecule has 144 valence electrons. The quantitative estimate of drug-likeness (QED) is 0.722. The number of hydrogen-bond acceptors (Lipinski definition) is 6. The Morgan fingerprint density at radius 1 is 1.11 bits per heavy atom. The van der Waals surface area contributed by atoms with E-state index in [-0.39, 0.29) is 5.91 Å². The van der Waals surface area contributed by atoms with E-state index in [0.717, 1.165) is 11.4 Å². The number of amides is 1. The van der Waals surface area contributed by atoms with Crippen molar-refractivity contribution in [2.45, 2.75) is 6.92 Å². The van der Waals surface area contributed by atoms with E-state index >= 15 is 0 Å². The second kappa shape index (κ2) is 7.90. The Balaban J connectivity index is 1.46. The first-order valence-corrected chi connectivity index (χ1v) is 9.43. The highest BCUT2D eigenvalue weighted by Gasteiger charge is 2.25. The third kappa shape index (κ3) is 3.94. The molecule has 1 aromatic carbocycles. The van der Waals surface area contributed by atoms with Gasteiger partial charge in [-0.05, 0) is 31.2 Å². The van der Waals surface area contributed by atoms with Crippen molar-refractivity contribution in [1.29, 1.82) is 0 Å². The number of furan rings is 1. The molecule has 0 aliphatic carbocycles. The van der Waals surface area contributed by atoms with Crippen LogP contribution in [0.25, 0.3) is 0 Å². The summed E-state index contributed by atoms with van der Waals surface area (Å²) in [4.78, 5) is 25.5. The van der Waals surface area contributed by atoms with Gasteiger partial charge in [0.2, 0.25) is 5.95 Å². The van der Waals surface area contributed by atoms with Gasteiger partial charge < -0.3 is 19.5 Å². The molecule has 1 N–H and O–H groups in total. The van der Waals surface area contributed by atoms with E-state index in [2.05, 4.69) is 20.2 Å². The zero-order chi connectivity index (χ0) is 19.5. The number of nitrogens with one attached hydrogen (secondary N) is 1. The molecule has 3 heterocycles. The van der Waals surface area contributed by atoms with Crippen LogP contribution >= 0.6 is 11.6 Å². The van der Waals surface area contributed by atoms with Crippen molar-refractivity contribution in [2.24, 2.45) is 0 Å². The van der Waals surface area contributed by atoms with E-state index in [0.29, 0.717) is 48.7 Å². The molecule has 1 fully saturated rings. The second-order valence-corrected chi connectivity index (χ2v) is 6.96. The van der Waals surface area contributed by atoms with Crippen molar-refractivity contribution in [3.05, 3.63) is 65.2 Å². The lowest BCUT2D eigenvalue weighted by Gasteiger charge is -2.34. The third-order valence-electron chi connectivity index (χ3n) is 4.56. The highest BCUT2D eigenvalue weighted by molar-refractivity contribution is 6.33. The van der Waals surface area contributed by atoms with Crippen molar-refractivity contribution < 1.29 is 9.21 Å². The van der Waals surface area contributed by atoms with Crippen LogP contribution in [0.3, 0.4) is 0 Å². The topological polar surface area (TPSA) is 74.5 Å². The molecule has 0 atom stereocenters. The number of carbonyl (C=O) groups excluding carboxylic acids is 1. The minimum atomic E-state index is -0.0871. The van der Waals surface area contributed by atoms with Crippen LogP contribution in [0.4, 0.5) is 17.5 Å². The van der Waals surface area contributed by atoms with Gasteiger partial charge in [0.1, 0.15) is 5.82 Å². The largest absolute Gasteiger partial charge is 0.459 e. The number of benzene rings is 1. The average molecular weight is 398 g/mol. The van der Waals surface area contributed by atoms with Gasteiger partial charge in [0.15, 0.2) is 5.76 Å². The Morgan fingerprint density at radius 2 is 1.89 bits per heavy atom. The summed E-state index contributed by atoms with van der Waals surface area (Å²) in [6, 6.07) is 12.8. The second-order valence-electron chi connectivity index (χ2n) is 6.56. The maximum Gasteiger partial charge on any atom is 0.289 e. The van der Waals surface area contributed by atoms with Gasteiger partial charge in [-0.2, -0.15) is 4.98 Å². The van der Waals surface area contributed by atoms with Crippen LogP contribution in [0.1, 0.15) is 16.2 Å². The molecular formula is C20H20ClN5O2. The normalized spacial score (nSPS) is 14.2. The highest BCUT2D eigenvalue weighted by Crippen LogP contribution is 2.25. The fraction of sp³-hybridized carbons (Fsp3) is 0.250. The Bertz CT molecular complexity index is 968. The molecule has 8 heteroatoms. The summed E-state index contributed by atoms with van der Waals surface area (Å²) >= 11 is 6.23. The van der Waals surface area contributed by atoms with E-state index < -0.39 is 0 Å². The van der Waals surface area contributed by atoms with E-state index in [1.165, 1.54) is 6.26 Å². The standard InChI is InChI=1S/C20H20ClN5O2/c1-14-13-18(23-16-6-3-2-5-15(16)21)24-20(22-14)26-10-8-25(9-11-26)19(27)17-7-4-12-28-17/h2-7,12-13H,8-11H2,1H3,(H,22,23,24). The van der Waals surface area contributed by atoms with Crippen LogP contribution in [0.2, 0.25) is 5.02 Å². The number of anilines is 3. The molecule has 3 aromatic rings. The first kappa shape index (κ1) is 18.3. The van der Waals surface area contributed by atoms with Crippen molar-refractivity contribution in [1.82, 2.24) is 14.9 Å². The number of halogens is 1. The first-order chi connectivity index (χ1) is 13.6. The van der Waals surface area contributed by atoms with E-state index in [1.54, 1.807) is 17.0 Å². The number of piperazine rings is 1. The van der Waals surface area contributed by atoms with Gasteiger partial charge in [0, 0.05) is 37.9 Å². The van der Waals surface area contributed by atoms with Gasteiger partial charge >= 0.3 is 0 Å². The minimum Gasteiger partial charge on any atom is -0.459 e. The van der Waals surface area contributed by atoms with Crippen LogP contribution < -0.4 is 10.2 Å². The molecule has 1 amide bonds. The molecule has 0 saturated carbocycles. The Kier molecular flexibility index (Phi) is 5.16. The van der Waals surface area contributed by atoms with Gasteiger partial charge in [-0.15, -0.1) is 0 Å². The lowest BCUT2D eigenvalue weighted by Crippen LogP contribution is -2.49. The lowest BCUT2D eigenvalue weighted by atomic mass is 10.3. The number of aryl methyl sites for hydroxylation is 1. The van der Waals surface area contributed by atoms with E-state index in [9.17, 15) is 4.79 Å². The SMILES string of the molecule is Cc1cc(Nc2ccccc2Cl)nc(N2CCN(C(=O)c3ccco3)CC2)n1. The fourth-order valence-electron chi connectivity index (χ4n) is 3.12. The number of hydrogen-bond donors (Lipinski definition) is 1. The van der Waals surface area contributed by atoms with Crippen LogP contribution in [-0.4, -0.2) is 47.0 Å².